The van der Waals surface area contributed by atoms with Gasteiger partial charge in [-0.15, -0.1) is 4.99 Å². The monoisotopic (exact) mass is 512 g/mol. The molecular formula is C27H33ClN4O4. The largest absolute Gasteiger partial charge is 0.442 e. The summed E-state index contributed by atoms with van der Waals surface area (Å²) in [6.07, 6.45) is 0.708. The van der Waals surface area contributed by atoms with Crippen LogP contribution in [0, 0.1) is 0 Å². The number of para-hydroxylation sites is 1. The maximum atomic E-state index is 13.6. The van der Waals surface area contributed by atoms with Gasteiger partial charge in [0.1, 0.15) is 5.60 Å². The Bertz CT molecular complexity index is 1140. The van der Waals surface area contributed by atoms with Gasteiger partial charge in [0.25, 0.3) is 0 Å². The number of hydrogen-bond acceptors (Lipinski definition) is 5. The molecule has 8 nitrogen and oxygen atoms in total. The molecule has 0 bridgehead atoms. The first-order valence-corrected chi connectivity index (χ1v) is 12.5. The van der Waals surface area contributed by atoms with Gasteiger partial charge in [-0.05, 0) is 64.3 Å². The fourth-order valence-electron chi connectivity index (χ4n) is 4.52. The molecule has 36 heavy (non-hydrogen) atoms. The third kappa shape index (κ3) is 5.99. The molecule has 2 aliphatic rings. The predicted octanol–water partition coefficient (Wildman–Crippen LogP) is 5.59. The highest BCUT2D eigenvalue weighted by Crippen LogP contribution is 2.39. The summed E-state index contributed by atoms with van der Waals surface area (Å²) >= 11 is 6.88. The molecule has 2 amide bonds. The zero-order valence-corrected chi connectivity index (χ0v) is 21.9. The van der Waals surface area contributed by atoms with E-state index in [1.54, 1.807) is 25.7 Å². The Kier molecular flexibility index (Phi) is 7.57. The lowest BCUT2D eigenvalue weighted by molar-refractivity contribution is -0.133. The molecule has 0 radical (unpaired) electrons. The molecule has 0 saturated carbocycles. The summed E-state index contributed by atoms with van der Waals surface area (Å²) in [4.78, 5) is 32.1. The molecule has 192 valence electrons. The second kappa shape index (κ2) is 10.5. The van der Waals surface area contributed by atoms with Crippen LogP contribution in [-0.2, 0) is 19.8 Å². The number of hydrogen-bond donors (Lipinski definition) is 2. The fraction of sp³-hybridized carbons (Fsp3) is 0.444. The van der Waals surface area contributed by atoms with Crippen molar-refractivity contribution in [2.75, 3.05) is 18.5 Å². The van der Waals surface area contributed by atoms with Crippen LogP contribution in [0.5, 0.6) is 0 Å². The standard InChI is InChI=1S/C27H33ClN4O4/c1-26(2,3)36-25(34)30-24-31-27(4,17-22(33)32(24)19-13-15-35-16-14-19)20-11-8-12-21(23(20)28)29-18-9-6-5-7-10-18/h5-12,19,29H,13-17H2,1-4H3,(H,30,31,34)/t27-/m0/s1. The number of guanidine groups is 1. The molecule has 0 spiro atoms. The van der Waals surface area contributed by atoms with Gasteiger partial charge in [0.15, 0.2) is 0 Å². The molecule has 4 rings (SSSR count). The smallest absolute Gasteiger partial charge is 0.437 e. The minimum atomic E-state index is -0.898. The van der Waals surface area contributed by atoms with E-state index in [4.69, 9.17) is 21.1 Å². The van der Waals surface area contributed by atoms with Gasteiger partial charge < -0.3 is 20.1 Å². The lowest BCUT2D eigenvalue weighted by atomic mass is 9.85. The van der Waals surface area contributed by atoms with Gasteiger partial charge in [-0.3, -0.25) is 9.69 Å². The van der Waals surface area contributed by atoms with Gasteiger partial charge in [-0.2, -0.15) is 0 Å². The van der Waals surface area contributed by atoms with E-state index in [0.29, 0.717) is 36.8 Å². The van der Waals surface area contributed by atoms with E-state index in [-0.39, 0.29) is 24.3 Å². The molecule has 1 atom stereocenters. The Morgan fingerprint density at radius 3 is 2.53 bits per heavy atom. The Hall–Kier alpha value is -3.10. The third-order valence-electron chi connectivity index (χ3n) is 6.18. The zero-order chi connectivity index (χ0) is 25.9. The van der Waals surface area contributed by atoms with Crippen molar-refractivity contribution in [3.63, 3.8) is 0 Å². The Balaban J connectivity index is 1.69. The van der Waals surface area contributed by atoms with Gasteiger partial charge >= 0.3 is 6.09 Å². The lowest BCUT2D eigenvalue weighted by Crippen LogP contribution is -2.63. The van der Waals surface area contributed by atoms with Crippen molar-refractivity contribution in [1.29, 1.82) is 0 Å². The van der Waals surface area contributed by atoms with E-state index in [2.05, 4.69) is 15.6 Å². The first-order valence-electron chi connectivity index (χ1n) is 12.2. The molecule has 9 heteroatoms. The number of carbonyl (C=O) groups excluding carboxylic acids is 2. The number of amides is 2. The quantitative estimate of drug-likeness (QED) is 0.554. The van der Waals surface area contributed by atoms with Gasteiger partial charge in [-0.25, -0.2) is 4.79 Å². The topological polar surface area (TPSA) is 92.3 Å². The summed E-state index contributed by atoms with van der Waals surface area (Å²) < 4.78 is 10.9. The third-order valence-corrected chi connectivity index (χ3v) is 6.59. The van der Waals surface area contributed by atoms with Crippen molar-refractivity contribution in [3.05, 3.63) is 59.1 Å². The highest BCUT2D eigenvalue weighted by atomic mass is 35.5. The number of ether oxygens (including phenoxy) is 2. The van der Waals surface area contributed by atoms with Crippen molar-refractivity contribution in [1.82, 2.24) is 10.2 Å². The van der Waals surface area contributed by atoms with Crippen LogP contribution in [-0.4, -0.2) is 47.7 Å². The minimum absolute atomic E-state index is 0.119. The van der Waals surface area contributed by atoms with Crippen LogP contribution in [0.4, 0.5) is 16.2 Å². The number of aliphatic imine (C=N–C) groups is 1. The van der Waals surface area contributed by atoms with Crippen LogP contribution in [0.15, 0.2) is 53.5 Å². The van der Waals surface area contributed by atoms with Crippen LogP contribution >= 0.6 is 11.6 Å². The number of rotatable bonds is 4. The SMILES string of the molecule is CC(C)(C)OC(=O)N=C1N[C@](C)(c2cccc(Nc3ccccc3)c2Cl)CC(=O)N1C1CCOCC1. The second-order valence-corrected chi connectivity index (χ2v) is 10.7. The van der Waals surface area contributed by atoms with Crippen LogP contribution in [0.1, 0.15) is 52.5 Å². The second-order valence-electron chi connectivity index (χ2n) is 10.3. The van der Waals surface area contributed by atoms with Crippen LogP contribution < -0.4 is 10.6 Å². The number of anilines is 2. The average molecular weight is 513 g/mol. The summed E-state index contributed by atoms with van der Waals surface area (Å²) in [5, 5.41) is 7.20. The fourth-order valence-corrected chi connectivity index (χ4v) is 4.91. The number of benzene rings is 2. The molecule has 0 unspecified atom stereocenters. The zero-order valence-electron chi connectivity index (χ0n) is 21.1. The molecule has 2 heterocycles. The summed E-state index contributed by atoms with van der Waals surface area (Å²) in [6, 6.07) is 15.3. The van der Waals surface area contributed by atoms with E-state index in [1.807, 2.05) is 55.5 Å². The molecule has 2 aromatic rings. The average Bonchev–Trinajstić information content (AvgIpc) is 2.80. The van der Waals surface area contributed by atoms with Crippen molar-refractivity contribution < 1.29 is 19.1 Å². The van der Waals surface area contributed by atoms with Gasteiger partial charge in [0.05, 0.1) is 22.7 Å². The van der Waals surface area contributed by atoms with Gasteiger partial charge in [-0.1, -0.05) is 41.9 Å². The van der Waals surface area contributed by atoms with Crippen molar-refractivity contribution >= 4 is 40.9 Å². The highest BCUT2D eigenvalue weighted by Gasteiger charge is 2.44. The molecular weight excluding hydrogens is 480 g/mol. The van der Waals surface area contributed by atoms with Crippen molar-refractivity contribution in [2.45, 2.75) is 64.1 Å². The normalized spacial score (nSPS) is 22.3. The first kappa shape index (κ1) is 26.0. The highest BCUT2D eigenvalue weighted by molar-refractivity contribution is 6.34. The van der Waals surface area contributed by atoms with E-state index in [0.717, 1.165) is 11.3 Å². The Morgan fingerprint density at radius 1 is 1.17 bits per heavy atom. The maximum absolute atomic E-state index is 13.6. The predicted molar refractivity (Wildman–Crippen MR) is 141 cm³/mol. The summed E-state index contributed by atoms with van der Waals surface area (Å²) in [7, 11) is 0. The Morgan fingerprint density at radius 2 is 1.86 bits per heavy atom. The van der Waals surface area contributed by atoms with Crippen molar-refractivity contribution in [2.24, 2.45) is 4.99 Å². The first-order chi connectivity index (χ1) is 17.1. The molecule has 2 aliphatic heterocycles. The molecule has 2 saturated heterocycles. The molecule has 2 N–H and O–H groups in total. The van der Waals surface area contributed by atoms with E-state index in [9.17, 15) is 9.59 Å². The molecule has 0 aliphatic carbocycles. The summed E-state index contributed by atoms with van der Waals surface area (Å²) in [6.45, 7) is 8.31. The lowest BCUT2D eigenvalue weighted by Gasteiger charge is -2.45. The summed E-state index contributed by atoms with van der Waals surface area (Å²) in [5.74, 6) is 0.0373. The van der Waals surface area contributed by atoms with Crippen LogP contribution in [0.25, 0.3) is 0 Å². The minimum Gasteiger partial charge on any atom is -0.442 e. The maximum Gasteiger partial charge on any atom is 0.437 e. The van der Waals surface area contributed by atoms with Gasteiger partial charge in [0, 0.05) is 24.9 Å². The van der Waals surface area contributed by atoms with Gasteiger partial charge in [0.2, 0.25) is 11.9 Å². The number of nitrogens with one attached hydrogen (secondary N) is 2. The Labute approximate surface area is 217 Å². The number of halogens is 1. The van der Waals surface area contributed by atoms with Crippen LogP contribution in [0.2, 0.25) is 5.02 Å². The van der Waals surface area contributed by atoms with E-state index in [1.165, 1.54) is 0 Å². The van der Waals surface area contributed by atoms with E-state index < -0.39 is 17.2 Å². The molecule has 0 aromatic heterocycles. The van der Waals surface area contributed by atoms with Crippen molar-refractivity contribution in [3.8, 4) is 0 Å². The van der Waals surface area contributed by atoms with E-state index >= 15 is 0 Å². The molecule has 2 aromatic carbocycles. The number of carbonyl (C=O) groups is 2. The molecule has 2 fully saturated rings. The number of nitrogens with zero attached hydrogens (tertiary/aromatic N) is 2. The summed E-state index contributed by atoms with van der Waals surface area (Å²) in [5.41, 5.74) is 0.723. The van der Waals surface area contributed by atoms with Crippen LogP contribution in [0.3, 0.4) is 0 Å².